The first kappa shape index (κ1) is 58.0. The van der Waals surface area contributed by atoms with Crippen LogP contribution in [0.5, 0.6) is 28.7 Å². The largest absolute Gasteiger partial charge is 0.497 e. The molecule has 0 bridgehead atoms. The highest BCUT2D eigenvalue weighted by Gasteiger charge is 2.41. The zero-order valence-electron chi connectivity index (χ0n) is 46.4. The van der Waals surface area contributed by atoms with Gasteiger partial charge in [-0.3, -0.25) is 43.5 Å². The Kier molecular flexibility index (Phi) is 18.3. The highest BCUT2D eigenvalue weighted by atomic mass is 32.2. The minimum atomic E-state index is -0.931. The van der Waals surface area contributed by atoms with Crippen LogP contribution >= 0.6 is 12.0 Å². The van der Waals surface area contributed by atoms with Crippen LogP contribution in [0.25, 0.3) is 11.1 Å². The van der Waals surface area contributed by atoms with Crippen LogP contribution in [0.3, 0.4) is 0 Å². The lowest BCUT2D eigenvalue weighted by Gasteiger charge is -2.26. The van der Waals surface area contributed by atoms with Crippen molar-refractivity contribution < 1.29 is 61.8 Å². The van der Waals surface area contributed by atoms with Crippen LogP contribution in [-0.4, -0.2) is 137 Å². The van der Waals surface area contributed by atoms with Gasteiger partial charge in [-0.2, -0.15) is 0 Å². The van der Waals surface area contributed by atoms with Crippen LogP contribution in [0.1, 0.15) is 97.6 Å². The number of ether oxygens (including phenoxy) is 5. The number of carbonyl (C=O) groups is 7. The third-order valence-corrected chi connectivity index (χ3v) is 15.5. The average Bonchev–Trinajstić information content (AvgIpc) is 3.83. The van der Waals surface area contributed by atoms with E-state index in [1.54, 1.807) is 86.5 Å². The predicted octanol–water partition coefficient (Wildman–Crippen LogP) is 7.81. The number of benzene rings is 4. The molecule has 5 atom stereocenters. The Morgan fingerprint density at radius 2 is 1.33 bits per heavy atom. The second-order valence-corrected chi connectivity index (χ2v) is 21.3. The summed E-state index contributed by atoms with van der Waals surface area (Å²) in [7, 11) is 4.61. The Morgan fingerprint density at radius 1 is 0.707 bits per heavy atom. The van der Waals surface area contributed by atoms with E-state index >= 15 is 0 Å². The number of nitrogens with one attached hydrogen (secondary N) is 4. The molecule has 430 valence electrons. The van der Waals surface area contributed by atoms with Crippen molar-refractivity contribution >= 4 is 87.8 Å². The molecular weight excluding hydrogens is 1070 g/mol. The molecule has 0 saturated carbocycles. The summed E-state index contributed by atoms with van der Waals surface area (Å²) in [5.74, 6) is -0.481. The number of rotatable bonds is 24. The first-order chi connectivity index (χ1) is 39.6. The van der Waals surface area contributed by atoms with Crippen molar-refractivity contribution in [3.05, 3.63) is 120 Å². The summed E-state index contributed by atoms with van der Waals surface area (Å²) >= 11 is 0.645. The van der Waals surface area contributed by atoms with Crippen molar-refractivity contribution in [2.24, 2.45) is 10.9 Å². The first-order valence-corrected chi connectivity index (χ1v) is 28.0. The summed E-state index contributed by atoms with van der Waals surface area (Å²) < 4.78 is 39.5. The van der Waals surface area contributed by atoms with Gasteiger partial charge in [-0.15, -0.1) is 0 Å². The molecule has 4 aromatic rings. The summed E-state index contributed by atoms with van der Waals surface area (Å²) in [5, 5.41) is 11.1. The minimum Gasteiger partial charge on any atom is -0.497 e. The minimum absolute atomic E-state index is 0.159. The highest BCUT2D eigenvalue weighted by molar-refractivity contribution is 7.94. The molecule has 9 rings (SSSR count). The van der Waals surface area contributed by atoms with Gasteiger partial charge in [0.15, 0.2) is 23.0 Å². The van der Waals surface area contributed by atoms with Crippen molar-refractivity contribution in [3.63, 3.8) is 0 Å². The summed E-state index contributed by atoms with van der Waals surface area (Å²) in [6.07, 6.45) is 11.1. The Bertz CT molecular complexity index is 3230. The van der Waals surface area contributed by atoms with E-state index in [0.29, 0.717) is 102 Å². The van der Waals surface area contributed by atoms with E-state index in [9.17, 15) is 38.1 Å². The molecule has 5 aliphatic heterocycles. The van der Waals surface area contributed by atoms with Crippen LogP contribution < -0.4 is 45.0 Å². The third-order valence-electron chi connectivity index (χ3n) is 14.8. The number of anilines is 2. The number of methoxy groups -OCH3 is 3. The molecule has 0 aliphatic carbocycles. The number of nitrogens with zero attached hydrogens (tertiary/aromatic N) is 4. The Morgan fingerprint density at radius 3 is 1.98 bits per heavy atom. The summed E-state index contributed by atoms with van der Waals surface area (Å²) in [4.78, 5) is 100. The van der Waals surface area contributed by atoms with E-state index in [1.807, 2.05) is 42.6 Å². The van der Waals surface area contributed by atoms with Crippen LogP contribution in [0.2, 0.25) is 0 Å². The van der Waals surface area contributed by atoms with Crippen molar-refractivity contribution in [3.8, 4) is 28.7 Å². The number of hydrogen-bond acceptors (Lipinski definition) is 16. The second kappa shape index (κ2) is 25.9. The molecule has 0 spiro atoms. The molecule has 7 amide bonds. The fourth-order valence-corrected chi connectivity index (χ4v) is 10.8. The maximum absolute atomic E-state index is 14.1. The Hall–Kier alpha value is -8.63. The number of imide groups is 1. The van der Waals surface area contributed by atoms with E-state index in [0.717, 1.165) is 32.9 Å². The predicted molar refractivity (Wildman–Crippen MR) is 309 cm³/mol. The smallest absolute Gasteiger partial charge is 0.260 e. The zero-order chi connectivity index (χ0) is 58.2. The van der Waals surface area contributed by atoms with E-state index in [-0.39, 0.29) is 73.7 Å². The molecule has 4 aromatic carbocycles. The zero-order valence-corrected chi connectivity index (χ0v) is 47.2. The Labute approximate surface area is 479 Å². The molecule has 5 unspecified atom stereocenters. The van der Waals surface area contributed by atoms with E-state index in [1.165, 1.54) is 26.4 Å². The van der Waals surface area contributed by atoms with Crippen molar-refractivity contribution in [1.29, 1.82) is 0 Å². The van der Waals surface area contributed by atoms with Gasteiger partial charge < -0.3 is 59.3 Å². The van der Waals surface area contributed by atoms with Gasteiger partial charge in [-0.1, -0.05) is 44.5 Å². The molecule has 0 saturated heterocycles. The topological polar surface area (TPSA) is 256 Å². The first-order valence-electron chi connectivity index (χ1n) is 27.1. The number of amides is 7. The van der Waals surface area contributed by atoms with Gasteiger partial charge in [-0.05, 0) is 90.8 Å². The summed E-state index contributed by atoms with van der Waals surface area (Å²) in [5.41, 5.74) is 5.77. The molecule has 0 fully saturated rings. The highest BCUT2D eigenvalue weighted by Crippen LogP contribution is 2.44. The number of hydrogen-bond donors (Lipinski definition) is 5. The number of fused-ring (bicyclic) bond motifs is 4. The van der Waals surface area contributed by atoms with Gasteiger partial charge in [-0.25, -0.2) is 0 Å². The van der Waals surface area contributed by atoms with Crippen molar-refractivity contribution in [1.82, 2.24) is 25.3 Å². The Balaban J connectivity index is 0.748. The molecular formula is C60H66N8O13S. The SMILES string of the molecule is COc1ccc(C2=CN3C(=O)c4cc(OC)c(OCCCOc5cc6c(cc5OC)C(=O)N5C=C(c7ccc(NC(=O)C(C)NC(=O)C(NC(=O)CCCCCN8C(=O)C=CC8=O)C(C)C)cc7)CC5C=N6)cc4NC(SO)C3C2)cc1. The maximum atomic E-state index is 14.1. The van der Waals surface area contributed by atoms with Gasteiger partial charge >= 0.3 is 0 Å². The standard InChI is InChI=1S/C60H66N8O13S/c1-34(2)55(65-52(69)11-8-7-9-22-66-53(70)20-21-54(66)71)57(73)62-35(3)56(72)63-40-16-12-36(13-17-40)38-25-41-31-61-45-29-50(48(78-5)27-43(45)59(74)67(41)32-38)80-23-10-24-81-51-30-46-44(28-49(51)79-6)60(75)68-33-39(26-47(68)58(64-46)82-76)37-14-18-42(77-4)19-15-37/h12-21,27-35,41,47,55,58,64,76H,7-11,22-26H2,1-6H3,(H,62,73)(H,63,72)(H,65,69). The number of carbonyl (C=O) groups excluding carboxylic acids is 7. The third kappa shape index (κ3) is 12.9. The average molecular weight is 1140 g/mol. The van der Waals surface area contributed by atoms with Gasteiger partial charge in [0.05, 0.1) is 69.1 Å². The normalized spacial score (nSPS) is 18.5. The lowest BCUT2D eigenvalue weighted by Crippen LogP contribution is -2.53. The molecule has 82 heavy (non-hydrogen) atoms. The second-order valence-electron chi connectivity index (χ2n) is 20.6. The fraction of sp³-hybridized carbons (Fsp3) is 0.367. The van der Waals surface area contributed by atoms with E-state index in [2.05, 4.69) is 21.3 Å². The molecule has 21 nitrogen and oxygen atoms in total. The lowest BCUT2D eigenvalue weighted by atomic mass is 10.0. The van der Waals surface area contributed by atoms with Gasteiger partial charge in [0.1, 0.15) is 23.2 Å². The molecule has 5 heterocycles. The summed E-state index contributed by atoms with van der Waals surface area (Å²) in [6.45, 7) is 5.87. The summed E-state index contributed by atoms with van der Waals surface area (Å²) in [6, 6.07) is 18.9. The molecule has 22 heteroatoms. The maximum Gasteiger partial charge on any atom is 0.260 e. The van der Waals surface area contributed by atoms with E-state index < -0.39 is 29.3 Å². The number of aliphatic imine (C=N–C) groups is 1. The van der Waals surface area contributed by atoms with Crippen LogP contribution in [0.4, 0.5) is 17.1 Å². The molecule has 5 N–H and O–H groups in total. The molecule has 0 aromatic heterocycles. The number of unbranched alkanes of at least 4 members (excludes halogenated alkanes) is 2. The van der Waals surface area contributed by atoms with Gasteiger partial charge in [0, 0.05) is 86.4 Å². The van der Waals surface area contributed by atoms with Crippen LogP contribution in [0, 0.1) is 5.92 Å². The van der Waals surface area contributed by atoms with Crippen molar-refractivity contribution in [2.75, 3.05) is 51.7 Å². The monoisotopic (exact) mass is 1140 g/mol. The van der Waals surface area contributed by atoms with E-state index in [4.69, 9.17) is 28.7 Å². The molecule has 5 aliphatic rings. The quantitative estimate of drug-likeness (QED) is 0.0255. The van der Waals surface area contributed by atoms with Crippen LogP contribution in [0.15, 0.2) is 102 Å². The lowest BCUT2D eigenvalue weighted by molar-refractivity contribution is -0.137. The van der Waals surface area contributed by atoms with Crippen LogP contribution in [-0.2, 0) is 24.0 Å². The van der Waals surface area contributed by atoms with Gasteiger partial charge in [0.2, 0.25) is 17.7 Å². The van der Waals surface area contributed by atoms with Gasteiger partial charge in [0.25, 0.3) is 23.6 Å². The fourth-order valence-electron chi connectivity index (χ4n) is 10.3. The van der Waals surface area contributed by atoms with Crippen molar-refractivity contribution in [2.45, 2.75) is 95.3 Å². The molecule has 0 radical (unpaired) electrons.